The molecule has 0 atom stereocenters. The van der Waals surface area contributed by atoms with Gasteiger partial charge < -0.3 is 14.4 Å². The Morgan fingerprint density at radius 1 is 1.39 bits per heavy atom. The average molecular weight is 278 g/mol. The molecule has 0 bridgehead atoms. The van der Waals surface area contributed by atoms with E-state index in [1.54, 1.807) is 6.07 Å². The smallest absolute Gasteiger partial charge is 0.403 e. The quantitative estimate of drug-likeness (QED) is 0.903. The fraction of sp³-hybridized carbons (Fsp3) is 0.300. The summed E-state index contributed by atoms with van der Waals surface area (Å²) in [5.74, 6) is -0.358. The summed E-state index contributed by atoms with van der Waals surface area (Å²) in [7, 11) is 0. The highest BCUT2D eigenvalue weighted by Gasteiger charge is 2.32. The number of benzene rings is 1. The first kappa shape index (κ1) is 12.9. The van der Waals surface area contributed by atoms with Crippen LogP contribution in [-0.2, 0) is 6.54 Å². The molecule has 0 saturated carbocycles. The molecule has 1 aromatic carbocycles. The molecule has 98 valence electrons. The fourth-order valence-corrected chi connectivity index (χ4v) is 2.59. The third-order valence-corrected chi connectivity index (χ3v) is 3.20. The van der Waals surface area contributed by atoms with Crippen LogP contribution in [0.3, 0.4) is 0 Å². The molecule has 4 nitrogen and oxygen atoms in total. The van der Waals surface area contributed by atoms with Crippen LogP contribution in [-0.4, -0.2) is 22.6 Å². The van der Waals surface area contributed by atoms with Crippen LogP contribution in [0.4, 0.5) is 13.2 Å². The van der Waals surface area contributed by atoms with Gasteiger partial charge in [-0.25, -0.2) is 0 Å². The molecule has 1 heterocycles. The first-order chi connectivity index (χ1) is 8.42. The molecule has 0 radical (unpaired) electrons. The summed E-state index contributed by atoms with van der Waals surface area (Å²) in [5, 5.41) is 16.5. The number of alkyl halides is 3. The molecule has 1 aromatic heterocycles. The number of halogens is 3. The van der Waals surface area contributed by atoms with Gasteiger partial charge in [0.2, 0.25) is 0 Å². The fourth-order valence-electron chi connectivity index (χ4n) is 1.63. The van der Waals surface area contributed by atoms with E-state index in [4.69, 9.17) is 10.5 Å². The van der Waals surface area contributed by atoms with Crippen molar-refractivity contribution >= 4 is 21.6 Å². The van der Waals surface area contributed by atoms with Crippen LogP contribution < -0.4 is 9.54 Å². The van der Waals surface area contributed by atoms with Gasteiger partial charge in [-0.05, 0) is 12.1 Å². The second-order valence-corrected chi connectivity index (χ2v) is 4.46. The zero-order valence-electron chi connectivity index (χ0n) is 8.99. The number of aliphatic hydroxyl groups is 1. The third-order valence-electron chi connectivity index (χ3n) is 2.23. The van der Waals surface area contributed by atoms with Crippen molar-refractivity contribution in [1.82, 2.24) is 4.57 Å². The van der Waals surface area contributed by atoms with Crippen LogP contribution in [0.5, 0.6) is 5.75 Å². The minimum Gasteiger partial charge on any atom is -0.403 e. The van der Waals surface area contributed by atoms with Crippen molar-refractivity contribution < 1.29 is 23.0 Å². The van der Waals surface area contributed by atoms with Gasteiger partial charge in [0.1, 0.15) is 5.52 Å². The monoisotopic (exact) mass is 278 g/mol. The third kappa shape index (κ3) is 2.49. The average Bonchev–Trinajstić information content (AvgIpc) is 2.55. The lowest BCUT2D eigenvalue weighted by Crippen LogP contribution is -2.19. The molecule has 2 rings (SSSR count). The van der Waals surface area contributed by atoms with Gasteiger partial charge in [-0.15, -0.1) is 13.2 Å². The van der Waals surface area contributed by atoms with Crippen molar-refractivity contribution in [3.8, 4) is 5.75 Å². The van der Waals surface area contributed by atoms with Gasteiger partial charge in [0.15, 0.2) is 10.6 Å². The molecule has 0 aliphatic carbocycles. The van der Waals surface area contributed by atoms with Gasteiger partial charge in [0, 0.05) is 6.54 Å². The van der Waals surface area contributed by atoms with E-state index in [-0.39, 0.29) is 29.2 Å². The Morgan fingerprint density at radius 3 is 2.72 bits per heavy atom. The van der Waals surface area contributed by atoms with Crippen molar-refractivity contribution in [2.24, 2.45) is 0 Å². The molecule has 0 unspecified atom stereocenters. The zero-order chi connectivity index (χ0) is 13.3. The van der Waals surface area contributed by atoms with Gasteiger partial charge in [-0.3, -0.25) is 5.41 Å². The van der Waals surface area contributed by atoms with Crippen molar-refractivity contribution in [2.45, 2.75) is 12.9 Å². The highest BCUT2D eigenvalue weighted by Crippen LogP contribution is 2.31. The van der Waals surface area contributed by atoms with E-state index in [9.17, 15) is 13.2 Å². The van der Waals surface area contributed by atoms with Crippen LogP contribution in [0.2, 0.25) is 0 Å². The lowest BCUT2D eigenvalue weighted by atomic mass is 10.3. The lowest BCUT2D eigenvalue weighted by Gasteiger charge is -2.11. The zero-order valence-corrected chi connectivity index (χ0v) is 9.81. The molecule has 8 heteroatoms. The predicted molar refractivity (Wildman–Crippen MR) is 59.4 cm³/mol. The highest BCUT2D eigenvalue weighted by atomic mass is 32.1. The van der Waals surface area contributed by atoms with Crippen molar-refractivity contribution in [3.63, 3.8) is 0 Å². The Morgan fingerprint density at radius 2 is 2.11 bits per heavy atom. The number of thiazole rings is 1. The number of hydrogen-bond donors (Lipinski definition) is 2. The van der Waals surface area contributed by atoms with Gasteiger partial charge in [-0.2, -0.15) is 0 Å². The maximum atomic E-state index is 12.3. The molecule has 0 aliphatic rings. The van der Waals surface area contributed by atoms with Gasteiger partial charge in [-0.1, -0.05) is 17.4 Å². The van der Waals surface area contributed by atoms with Crippen LogP contribution in [0.25, 0.3) is 10.2 Å². The van der Waals surface area contributed by atoms with Crippen LogP contribution in [0, 0.1) is 5.41 Å². The topological polar surface area (TPSA) is 58.2 Å². The molecule has 0 amide bonds. The minimum atomic E-state index is -4.78. The van der Waals surface area contributed by atoms with Crippen molar-refractivity contribution in [2.75, 3.05) is 6.61 Å². The van der Waals surface area contributed by atoms with E-state index in [1.807, 2.05) is 0 Å². The number of nitrogens with zero attached hydrogens (tertiary/aromatic N) is 1. The van der Waals surface area contributed by atoms with Gasteiger partial charge >= 0.3 is 6.36 Å². The first-order valence-corrected chi connectivity index (χ1v) is 5.77. The van der Waals surface area contributed by atoms with E-state index < -0.39 is 6.36 Å². The number of ether oxygens (including phenoxy) is 1. The summed E-state index contributed by atoms with van der Waals surface area (Å²) in [6.45, 7) is -0.209. The number of hydrogen-bond acceptors (Lipinski definition) is 4. The van der Waals surface area contributed by atoms with Crippen LogP contribution >= 0.6 is 11.3 Å². The Bertz CT molecular complexity index is 618. The van der Waals surface area contributed by atoms with E-state index >= 15 is 0 Å². The summed E-state index contributed by atoms with van der Waals surface area (Å²) < 4.78 is 42.5. The second-order valence-electron chi connectivity index (χ2n) is 3.43. The summed E-state index contributed by atoms with van der Waals surface area (Å²) in [6, 6.07) is 4.23. The molecule has 0 spiro atoms. The number of aromatic nitrogens is 1. The van der Waals surface area contributed by atoms with Gasteiger partial charge in [0.25, 0.3) is 0 Å². The van der Waals surface area contributed by atoms with Gasteiger partial charge in [0.05, 0.1) is 11.3 Å². The standard InChI is InChI=1S/C10H9F3N2O2S/c11-10(12,13)17-6-2-1-3-7-8(6)15(4-5-16)9(14)18-7/h1-3,14,16H,4-5H2. The SMILES string of the molecule is N=c1sc2cccc(OC(F)(F)F)c2n1CCO. The summed E-state index contributed by atoms with van der Waals surface area (Å²) in [4.78, 5) is 0.0669. The molecular formula is C10H9F3N2O2S. The molecule has 2 N–H and O–H groups in total. The maximum Gasteiger partial charge on any atom is 0.573 e. The van der Waals surface area contributed by atoms with E-state index in [0.29, 0.717) is 4.70 Å². The van der Waals surface area contributed by atoms with E-state index in [1.165, 1.54) is 16.7 Å². The largest absolute Gasteiger partial charge is 0.573 e. The Hall–Kier alpha value is -1.54. The highest BCUT2D eigenvalue weighted by molar-refractivity contribution is 7.16. The normalized spacial score (nSPS) is 12.0. The summed E-state index contributed by atoms with van der Waals surface area (Å²) in [5.41, 5.74) is 0.180. The molecule has 0 aliphatic heterocycles. The Balaban J connectivity index is 2.63. The van der Waals surface area contributed by atoms with Crippen molar-refractivity contribution in [3.05, 3.63) is 23.0 Å². The lowest BCUT2D eigenvalue weighted by molar-refractivity contribution is -0.274. The van der Waals surface area contributed by atoms with Crippen molar-refractivity contribution in [1.29, 1.82) is 5.41 Å². The number of para-hydroxylation sites is 1. The molecule has 2 aromatic rings. The molecule has 0 saturated heterocycles. The summed E-state index contributed by atoms with van der Waals surface area (Å²) >= 11 is 1.03. The first-order valence-electron chi connectivity index (χ1n) is 4.96. The number of nitrogens with one attached hydrogen (secondary N) is 1. The Kier molecular flexibility index (Phi) is 3.31. The Labute approximate surface area is 103 Å². The summed E-state index contributed by atoms with van der Waals surface area (Å²) in [6.07, 6.45) is -4.78. The van der Waals surface area contributed by atoms with E-state index in [2.05, 4.69) is 4.74 Å². The number of aliphatic hydroxyl groups excluding tert-OH is 1. The van der Waals surface area contributed by atoms with Crippen LogP contribution in [0.1, 0.15) is 0 Å². The predicted octanol–water partition coefficient (Wildman–Crippen LogP) is 2.07. The minimum absolute atomic E-state index is 0.0526. The van der Waals surface area contributed by atoms with Crippen LogP contribution in [0.15, 0.2) is 18.2 Å². The second kappa shape index (κ2) is 4.62. The number of fused-ring (bicyclic) bond motifs is 1. The number of rotatable bonds is 3. The molecular weight excluding hydrogens is 269 g/mol. The maximum absolute atomic E-state index is 12.3. The molecule has 0 fully saturated rings. The molecule has 18 heavy (non-hydrogen) atoms. The van der Waals surface area contributed by atoms with E-state index in [0.717, 1.165) is 11.3 Å².